The van der Waals surface area contributed by atoms with E-state index in [1.54, 1.807) is 13.1 Å². The molecule has 1 aromatic rings. The van der Waals surface area contributed by atoms with E-state index in [9.17, 15) is 9.59 Å². The summed E-state index contributed by atoms with van der Waals surface area (Å²) in [7, 11) is 1.68. The molecule has 1 saturated heterocycles. The molecule has 2 unspecified atom stereocenters. The Labute approximate surface area is 169 Å². The van der Waals surface area contributed by atoms with E-state index in [4.69, 9.17) is 16.6 Å². The number of carbonyl (C=O) groups is 2. The van der Waals surface area contributed by atoms with Crippen LogP contribution in [0.3, 0.4) is 0 Å². The first-order valence-corrected chi connectivity index (χ1v) is 9.45. The van der Waals surface area contributed by atoms with Gasteiger partial charge < -0.3 is 4.90 Å². The minimum atomic E-state index is -0.586. The summed E-state index contributed by atoms with van der Waals surface area (Å²) in [5.74, 6) is 0.382. The molecule has 3 heterocycles. The molecule has 146 valence electrons. The van der Waals surface area contributed by atoms with Crippen molar-refractivity contribution in [3.8, 4) is 0 Å². The van der Waals surface area contributed by atoms with Gasteiger partial charge in [0.25, 0.3) is 5.91 Å². The van der Waals surface area contributed by atoms with Crippen LogP contribution < -0.4 is 4.90 Å². The lowest BCUT2D eigenvalue weighted by Crippen LogP contribution is -2.64. The monoisotopic (exact) mass is 399 g/mol. The molecule has 0 spiro atoms. The molecule has 7 nitrogen and oxygen atoms in total. The van der Waals surface area contributed by atoms with Crippen molar-refractivity contribution in [3.05, 3.63) is 52.8 Å². The van der Waals surface area contributed by atoms with E-state index in [2.05, 4.69) is 6.58 Å². The molecule has 0 aliphatic carbocycles. The quantitative estimate of drug-likeness (QED) is 0.732. The number of allylic oxidation sites excluding steroid dienone is 2. The molecule has 1 aromatic carbocycles. The Hall–Kier alpha value is -2.80. The van der Waals surface area contributed by atoms with Gasteiger partial charge in [0.2, 0.25) is 5.96 Å². The highest BCUT2D eigenvalue weighted by Crippen LogP contribution is 2.41. The van der Waals surface area contributed by atoms with Gasteiger partial charge in [0.05, 0.1) is 5.69 Å². The summed E-state index contributed by atoms with van der Waals surface area (Å²) in [4.78, 5) is 37.3. The van der Waals surface area contributed by atoms with Crippen molar-refractivity contribution in [1.29, 1.82) is 0 Å². The second-order valence-corrected chi connectivity index (χ2v) is 7.66. The van der Waals surface area contributed by atoms with Crippen LogP contribution >= 0.6 is 11.6 Å². The molecule has 4 rings (SSSR count). The lowest BCUT2D eigenvalue weighted by Gasteiger charge is -2.40. The third-order valence-corrected chi connectivity index (χ3v) is 5.85. The number of carbonyl (C=O) groups excluding carboxylic acids is 2. The second-order valence-electron chi connectivity index (χ2n) is 7.23. The molecule has 0 saturated carbocycles. The maximum absolute atomic E-state index is 13.2. The van der Waals surface area contributed by atoms with Crippen LogP contribution in [0.5, 0.6) is 0 Å². The summed E-state index contributed by atoms with van der Waals surface area (Å²) >= 11 is 6.24. The van der Waals surface area contributed by atoms with Crippen molar-refractivity contribution in [2.45, 2.75) is 33.0 Å². The number of hydrogen-bond acceptors (Lipinski definition) is 5. The minimum Gasteiger partial charge on any atom is -0.302 e. The molecule has 3 aliphatic rings. The van der Waals surface area contributed by atoms with E-state index in [1.165, 1.54) is 9.80 Å². The van der Waals surface area contributed by atoms with Crippen LogP contribution in [0.25, 0.3) is 0 Å². The van der Waals surface area contributed by atoms with Crippen LogP contribution in [0.2, 0.25) is 5.02 Å². The van der Waals surface area contributed by atoms with Crippen molar-refractivity contribution in [3.63, 3.8) is 0 Å². The molecule has 28 heavy (non-hydrogen) atoms. The molecule has 0 bridgehead atoms. The fourth-order valence-electron chi connectivity index (χ4n) is 4.02. The van der Waals surface area contributed by atoms with Gasteiger partial charge >= 0.3 is 6.03 Å². The predicted octanol–water partition coefficient (Wildman–Crippen LogP) is 3.17. The average molecular weight is 400 g/mol. The maximum atomic E-state index is 13.2. The lowest BCUT2D eigenvalue weighted by atomic mass is 10.1. The van der Waals surface area contributed by atoms with Gasteiger partial charge in [-0.05, 0) is 38.5 Å². The first-order valence-electron chi connectivity index (χ1n) is 9.07. The highest BCUT2D eigenvalue weighted by atomic mass is 35.5. The van der Waals surface area contributed by atoms with E-state index in [1.807, 2.05) is 48.8 Å². The molecule has 0 radical (unpaired) electrons. The summed E-state index contributed by atoms with van der Waals surface area (Å²) < 4.78 is 0. The standard InChI is InChI=1S/C20H22ClN5O2/c1-6-9-24-18(27)16-17(23(5)20(24)28)22-19-25(12(3)13(4)26(16)19)15-10-14(21)8-7-11(15)2/h6-8,10,16-17H,1,9H2,2-5H3. The number of halogens is 1. The summed E-state index contributed by atoms with van der Waals surface area (Å²) in [6.07, 6.45) is 0.987. The smallest absolute Gasteiger partial charge is 0.302 e. The Balaban J connectivity index is 1.82. The van der Waals surface area contributed by atoms with Gasteiger partial charge in [-0.1, -0.05) is 23.7 Å². The number of fused-ring (bicyclic) bond motifs is 3. The Morgan fingerprint density at radius 1 is 1.21 bits per heavy atom. The van der Waals surface area contributed by atoms with Crippen LogP contribution in [0.4, 0.5) is 10.5 Å². The summed E-state index contributed by atoms with van der Waals surface area (Å²) in [5, 5.41) is 0.626. The number of anilines is 1. The normalized spacial score (nSPS) is 24.1. The third kappa shape index (κ3) is 2.39. The van der Waals surface area contributed by atoms with Gasteiger partial charge in [-0.25, -0.2) is 9.79 Å². The average Bonchev–Trinajstić information content (AvgIpc) is 3.15. The van der Waals surface area contributed by atoms with E-state index >= 15 is 0 Å². The van der Waals surface area contributed by atoms with Crippen LogP contribution in [0, 0.1) is 6.92 Å². The number of guanidine groups is 1. The third-order valence-electron chi connectivity index (χ3n) is 5.62. The summed E-state index contributed by atoms with van der Waals surface area (Å²) in [6, 6.07) is 4.75. The van der Waals surface area contributed by atoms with E-state index < -0.39 is 12.2 Å². The Morgan fingerprint density at radius 2 is 1.93 bits per heavy atom. The Kier molecular flexibility index (Phi) is 4.23. The van der Waals surface area contributed by atoms with Crippen molar-refractivity contribution in [2.75, 3.05) is 18.5 Å². The van der Waals surface area contributed by atoms with Gasteiger partial charge in [-0.15, -0.1) is 6.58 Å². The van der Waals surface area contributed by atoms with E-state index in [0.29, 0.717) is 11.0 Å². The Morgan fingerprint density at radius 3 is 2.61 bits per heavy atom. The largest absolute Gasteiger partial charge is 0.328 e. The van der Waals surface area contributed by atoms with Gasteiger partial charge in [-0.2, -0.15) is 0 Å². The summed E-state index contributed by atoms with van der Waals surface area (Å²) in [5.41, 5.74) is 3.86. The first-order chi connectivity index (χ1) is 13.3. The van der Waals surface area contributed by atoms with Gasteiger partial charge in [0.1, 0.15) is 0 Å². The molecule has 3 amide bonds. The molecule has 8 heteroatoms. The SMILES string of the molecule is C=CCN1C(=O)C2C(N=C3N(c4cc(Cl)ccc4C)C(C)=C(C)N32)N(C)C1=O. The number of rotatable bonds is 3. The minimum absolute atomic E-state index is 0.174. The number of aliphatic imine (C=N–C) groups is 1. The van der Waals surface area contributed by atoms with E-state index in [-0.39, 0.29) is 18.5 Å². The number of likely N-dealkylation sites (N-methyl/N-ethyl adjacent to an activating group) is 1. The number of hydrogen-bond donors (Lipinski definition) is 0. The number of aryl methyl sites for hydroxylation is 1. The van der Waals surface area contributed by atoms with Crippen LogP contribution in [0.15, 0.2) is 47.2 Å². The van der Waals surface area contributed by atoms with E-state index in [0.717, 1.165) is 22.6 Å². The molecular formula is C20H22ClN5O2. The number of imide groups is 1. The molecular weight excluding hydrogens is 378 g/mol. The lowest BCUT2D eigenvalue weighted by molar-refractivity contribution is -0.136. The zero-order valence-corrected chi connectivity index (χ0v) is 17.1. The Bertz CT molecular complexity index is 969. The van der Waals surface area contributed by atoms with Crippen molar-refractivity contribution in [2.24, 2.45) is 4.99 Å². The second kappa shape index (κ2) is 6.38. The maximum Gasteiger partial charge on any atom is 0.328 e. The highest BCUT2D eigenvalue weighted by molar-refractivity contribution is 6.31. The topological polar surface area (TPSA) is 59.5 Å². The number of amides is 3. The predicted molar refractivity (Wildman–Crippen MR) is 109 cm³/mol. The van der Waals surface area contributed by atoms with Crippen LogP contribution in [-0.2, 0) is 4.79 Å². The van der Waals surface area contributed by atoms with Crippen molar-refractivity contribution in [1.82, 2.24) is 14.7 Å². The van der Waals surface area contributed by atoms with Crippen molar-refractivity contribution < 1.29 is 9.59 Å². The fraction of sp³-hybridized carbons (Fsp3) is 0.350. The number of nitrogens with zero attached hydrogens (tertiary/aromatic N) is 5. The zero-order chi connectivity index (χ0) is 20.3. The molecule has 3 aliphatic heterocycles. The first kappa shape index (κ1) is 18.6. The van der Waals surface area contributed by atoms with Crippen molar-refractivity contribution >= 4 is 35.2 Å². The zero-order valence-electron chi connectivity index (χ0n) is 16.3. The number of benzene rings is 1. The van der Waals surface area contributed by atoms with Crippen LogP contribution in [-0.4, -0.2) is 58.4 Å². The van der Waals surface area contributed by atoms with Gasteiger partial charge in [0.15, 0.2) is 12.2 Å². The molecule has 0 N–H and O–H groups in total. The van der Waals surface area contributed by atoms with Gasteiger partial charge in [-0.3, -0.25) is 19.5 Å². The van der Waals surface area contributed by atoms with Crippen LogP contribution in [0.1, 0.15) is 19.4 Å². The highest BCUT2D eigenvalue weighted by Gasteiger charge is 2.55. The summed E-state index contributed by atoms with van der Waals surface area (Å²) in [6.45, 7) is 9.80. The molecule has 1 fully saturated rings. The number of urea groups is 1. The van der Waals surface area contributed by atoms with Gasteiger partial charge in [0, 0.05) is 30.0 Å². The molecule has 2 atom stereocenters. The molecule has 0 aromatic heterocycles. The fourth-order valence-corrected chi connectivity index (χ4v) is 4.19.